The molecule has 6 heteroatoms. The Labute approximate surface area is 138 Å². The summed E-state index contributed by atoms with van der Waals surface area (Å²) >= 11 is 0. The lowest BCUT2D eigenvalue weighted by Crippen LogP contribution is -2.20. The van der Waals surface area contributed by atoms with Crippen LogP contribution >= 0.6 is 0 Å². The number of pyridine rings is 1. The van der Waals surface area contributed by atoms with Crippen LogP contribution in [0.4, 0.5) is 0 Å². The third-order valence-corrected chi connectivity index (χ3v) is 4.30. The maximum atomic E-state index is 11.1. The number of aromatic carboxylic acids is 1. The summed E-state index contributed by atoms with van der Waals surface area (Å²) in [5, 5.41) is 14.3. The lowest BCUT2D eigenvalue weighted by molar-refractivity contribution is -0.0384. The molecule has 0 aliphatic carbocycles. The second kappa shape index (κ2) is 6.05. The Kier molecular flexibility index (Phi) is 3.74. The number of ether oxygens (including phenoxy) is 1. The maximum Gasteiger partial charge on any atom is 0.335 e. The van der Waals surface area contributed by atoms with Gasteiger partial charge in [-0.05, 0) is 49.6 Å². The number of nitrogens with zero attached hydrogens (tertiary/aromatic N) is 3. The molecule has 1 saturated heterocycles. The van der Waals surface area contributed by atoms with Gasteiger partial charge in [-0.2, -0.15) is 5.10 Å². The van der Waals surface area contributed by atoms with Crippen molar-refractivity contribution in [2.75, 3.05) is 6.61 Å². The van der Waals surface area contributed by atoms with E-state index in [9.17, 15) is 4.79 Å². The average molecular weight is 323 g/mol. The second-order valence-corrected chi connectivity index (χ2v) is 5.89. The van der Waals surface area contributed by atoms with Gasteiger partial charge in [-0.3, -0.25) is 0 Å². The summed E-state index contributed by atoms with van der Waals surface area (Å²) < 4.78 is 7.71. The molecule has 24 heavy (non-hydrogen) atoms. The first-order valence-corrected chi connectivity index (χ1v) is 8.02. The number of aromatic nitrogens is 3. The Morgan fingerprint density at radius 2 is 2.12 bits per heavy atom. The molecule has 1 atom stereocenters. The third-order valence-electron chi connectivity index (χ3n) is 4.30. The van der Waals surface area contributed by atoms with E-state index in [2.05, 4.69) is 10.1 Å². The largest absolute Gasteiger partial charge is 0.478 e. The van der Waals surface area contributed by atoms with Crippen LogP contribution in [-0.2, 0) is 4.74 Å². The first-order valence-electron chi connectivity index (χ1n) is 8.02. The van der Waals surface area contributed by atoms with Crippen LogP contribution in [-0.4, -0.2) is 32.4 Å². The molecule has 4 rings (SSSR count). The minimum absolute atomic E-state index is 0.0457. The molecule has 1 aliphatic heterocycles. The molecular weight excluding hydrogens is 306 g/mol. The second-order valence-electron chi connectivity index (χ2n) is 5.89. The number of benzene rings is 1. The van der Waals surface area contributed by atoms with E-state index in [0.717, 1.165) is 48.2 Å². The summed E-state index contributed by atoms with van der Waals surface area (Å²) in [4.78, 5) is 15.7. The van der Waals surface area contributed by atoms with Gasteiger partial charge in [-0.1, -0.05) is 6.07 Å². The van der Waals surface area contributed by atoms with Gasteiger partial charge in [0.15, 0.2) is 6.23 Å². The van der Waals surface area contributed by atoms with Crippen molar-refractivity contribution in [2.45, 2.75) is 25.5 Å². The molecule has 3 heterocycles. The first kappa shape index (κ1) is 14.8. The van der Waals surface area contributed by atoms with Crippen LogP contribution in [0.15, 0.2) is 42.6 Å². The smallest absolute Gasteiger partial charge is 0.335 e. The summed E-state index contributed by atoms with van der Waals surface area (Å²) in [6, 6.07) is 10.7. The highest BCUT2D eigenvalue weighted by atomic mass is 16.5. The van der Waals surface area contributed by atoms with E-state index in [-0.39, 0.29) is 11.8 Å². The molecule has 1 fully saturated rings. The number of carboxylic acid groups (broad SMARTS) is 1. The Morgan fingerprint density at radius 1 is 1.21 bits per heavy atom. The molecule has 1 unspecified atom stereocenters. The number of carbonyl (C=O) groups is 1. The van der Waals surface area contributed by atoms with Crippen LogP contribution in [0.3, 0.4) is 0 Å². The highest BCUT2D eigenvalue weighted by Gasteiger charge is 2.20. The van der Waals surface area contributed by atoms with Gasteiger partial charge in [0.25, 0.3) is 0 Å². The van der Waals surface area contributed by atoms with E-state index >= 15 is 0 Å². The Hall–Kier alpha value is -2.73. The third kappa shape index (κ3) is 2.65. The van der Waals surface area contributed by atoms with Gasteiger partial charge in [-0.25, -0.2) is 14.5 Å². The van der Waals surface area contributed by atoms with Gasteiger partial charge >= 0.3 is 5.97 Å². The fourth-order valence-corrected chi connectivity index (χ4v) is 3.06. The monoisotopic (exact) mass is 323 g/mol. The van der Waals surface area contributed by atoms with Crippen molar-refractivity contribution in [2.24, 2.45) is 0 Å². The lowest BCUT2D eigenvalue weighted by Gasteiger charge is -2.24. The van der Waals surface area contributed by atoms with Gasteiger partial charge in [0.1, 0.15) is 0 Å². The molecule has 1 aromatic carbocycles. The summed E-state index contributed by atoms with van der Waals surface area (Å²) in [7, 11) is 0. The molecular formula is C18H17N3O3. The van der Waals surface area contributed by atoms with E-state index in [4.69, 9.17) is 9.84 Å². The quantitative estimate of drug-likeness (QED) is 0.798. The van der Waals surface area contributed by atoms with Crippen molar-refractivity contribution >= 4 is 16.9 Å². The van der Waals surface area contributed by atoms with Crippen LogP contribution in [0, 0.1) is 0 Å². The van der Waals surface area contributed by atoms with E-state index in [1.807, 2.05) is 22.9 Å². The lowest BCUT2D eigenvalue weighted by atomic mass is 10.1. The van der Waals surface area contributed by atoms with Gasteiger partial charge in [-0.15, -0.1) is 0 Å². The fourth-order valence-electron chi connectivity index (χ4n) is 3.06. The van der Waals surface area contributed by atoms with Gasteiger partial charge < -0.3 is 9.84 Å². The number of rotatable bonds is 3. The number of carboxylic acids is 1. The summed E-state index contributed by atoms with van der Waals surface area (Å²) in [6.07, 6.45) is 4.88. The molecule has 122 valence electrons. The molecule has 0 radical (unpaired) electrons. The first-order chi connectivity index (χ1) is 11.7. The minimum atomic E-state index is -0.937. The Morgan fingerprint density at radius 3 is 2.92 bits per heavy atom. The van der Waals surface area contributed by atoms with Crippen molar-refractivity contribution in [3.8, 4) is 11.4 Å². The molecule has 1 N–H and O–H groups in total. The zero-order valence-electron chi connectivity index (χ0n) is 13.1. The highest BCUT2D eigenvalue weighted by molar-refractivity contribution is 5.93. The molecule has 3 aromatic rings. The van der Waals surface area contributed by atoms with Crippen molar-refractivity contribution in [3.05, 3.63) is 48.2 Å². The van der Waals surface area contributed by atoms with Crippen molar-refractivity contribution in [1.29, 1.82) is 0 Å². The maximum absolute atomic E-state index is 11.1. The van der Waals surface area contributed by atoms with Crippen molar-refractivity contribution in [3.63, 3.8) is 0 Å². The summed E-state index contributed by atoms with van der Waals surface area (Å²) in [5.74, 6) is -0.937. The summed E-state index contributed by atoms with van der Waals surface area (Å²) in [5.41, 5.74) is 2.73. The molecule has 0 amide bonds. The van der Waals surface area contributed by atoms with Crippen molar-refractivity contribution < 1.29 is 14.6 Å². The molecule has 0 spiro atoms. The van der Waals surface area contributed by atoms with Crippen LogP contribution < -0.4 is 0 Å². The minimum Gasteiger partial charge on any atom is -0.478 e. The molecule has 2 aromatic heterocycles. The predicted octanol–water partition coefficient (Wildman–Crippen LogP) is 3.50. The average Bonchev–Trinajstić information content (AvgIpc) is 3.11. The molecule has 0 bridgehead atoms. The van der Waals surface area contributed by atoms with Crippen LogP contribution in [0.2, 0.25) is 0 Å². The normalized spacial score (nSPS) is 17.9. The molecule has 1 aliphatic rings. The van der Waals surface area contributed by atoms with Gasteiger partial charge in [0, 0.05) is 18.2 Å². The van der Waals surface area contributed by atoms with Gasteiger partial charge in [0.2, 0.25) is 0 Å². The molecule has 6 nitrogen and oxygen atoms in total. The van der Waals surface area contributed by atoms with E-state index in [1.165, 1.54) is 0 Å². The SMILES string of the molecule is O=C(O)c1ccc2nc(-c3ccnn3C3CCCCO3)ccc2c1. The van der Waals surface area contributed by atoms with Gasteiger partial charge in [0.05, 0.1) is 22.5 Å². The fraction of sp³-hybridized carbons (Fsp3) is 0.278. The van der Waals surface area contributed by atoms with Crippen molar-refractivity contribution in [1.82, 2.24) is 14.8 Å². The summed E-state index contributed by atoms with van der Waals surface area (Å²) in [6.45, 7) is 0.757. The molecule has 0 saturated carbocycles. The number of hydrogen-bond acceptors (Lipinski definition) is 4. The zero-order valence-corrected chi connectivity index (χ0v) is 13.1. The Balaban J connectivity index is 1.73. The highest BCUT2D eigenvalue weighted by Crippen LogP contribution is 2.28. The van der Waals surface area contributed by atoms with E-state index in [1.54, 1.807) is 24.4 Å². The Bertz CT molecular complexity index is 897. The van der Waals surface area contributed by atoms with Crippen LogP contribution in [0.5, 0.6) is 0 Å². The zero-order chi connectivity index (χ0) is 16.5. The number of fused-ring (bicyclic) bond motifs is 1. The number of hydrogen-bond donors (Lipinski definition) is 1. The van der Waals surface area contributed by atoms with Crippen LogP contribution in [0.1, 0.15) is 35.8 Å². The predicted molar refractivity (Wildman–Crippen MR) is 88.8 cm³/mol. The van der Waals surface area contributed by atoms with E-state index < -0.39 is 5.97 Å². The topological polar surface area (TPSA) is 77.2 Å². The van der Waals surface area contributed by atoms with Crippen LogP contribution in [0.25, 0.3) is 22.3 Å². The van der Waals surface area contributed by atoms with E-state index in [0.29, 0.717) is 0 Å². The standard InChI is InChI=1S/C18H17N3O3/c22-18(23)13-5-6-14-12(11-13)4-7-15(20-14)16-8-9-19-21(16)17-3-1-2-10-24-17/h4-9,11,17H,1-3,10H2,(H,22,23).